The van der Waals surface area contributed by atoms with E-state index in [9.17, 15) is 4.79 Å². The summed E-state index contributed by atoms with van der Waals surface area (Å²) in [5.41, 5.74) is 0. The van der Waals surface area contributed by atoms with Crippen molar-refractivity contribution in [2.24, 2.45) is 0 Å². The number of nitrogens with one attached hydrogen (secondary N) is 1. The quantitative estimate of drug-likeness (QED) is 0.711. The molecule has 1 N–H and O–H groups in total. The number of carbonyl (C=O) groups excluding carboxylic acids is 1. The van der Waals surface area contributed by atoms with Gasteiger partial charge in [0, 0.05) is 37.6 Å². The maximum atomic E-state index is 11.0. The van der Waals surface area contributed by atoms with Crippen LogP contribution in [0.4, 0.5) is 5.13 Å². The van der Waals surface area contributed by atoms with Gasteiger partial charge in [0.15, 0.2) is 5.13 Å². The lowest BCUT2D eigenvalue weighted by Crippen LogP contribution is -2.28. The Morgan fingerprint density at radius 3 is 3.23 bits per heavy atom. The van der Waals surface area contributed by atoms with Crippen LogP contribution in [0.15, 0.2) is 11.6 Å². The third kappa shape index (κ3) is 1.98. The second kappa shape index (κ2) is 3.74. The largest absolute Gasteiger partial charge is 0.354 e. The molecule has 5 heteroatoms. The minimum atomic E-state index is 0.138. The first-order valence-electron chi connectivity index (χ1n) is 4.27. The lowest BCUT2D eigenvalue weighted by atomic mass is 10.4. The summed E-state index contributed by atoms with van der Waals surface area (Å²) in [5.74, 6) is 0.138. The lowest BCUT2D eigenvalue weighted by Gasteiger charge is -2.17. The Bertz CT molecular complexity index is 286. The number of hydrogen-bond acceptors (Lipinski definition) is 4. The third-order valence-electron chi connectivity index (χ3n) is 2.00. The number of nitrogens with zero attached hydrogens (tertiary/aromatic N) is 2. The molecule has 0 aliphatic carbocycles. The Labute approximate surface area is 80.6 Å². The highest BCUT2D eigenvalue weighted by molar-refractivity contribution is 7.13. The monoisotopic (exact) mass is 197 g/mol. The smallest absolute Gasteiger partial charge is 0.221 e. The van der Waals surface area contributed by atoms with E-state index in [2.05, 4.69) is 15.2 Å². The van der Waals surface area contributed by atoms with Crippen LogP contribution in [0.25, 0.3) is 0 Å². The highest BCUT2D eigenvalue weighted by atomic mass is 32.1. The van der Waals surface area contributed by atoms with Crippen molar-refractivity contribution in [1.82, 2.24) is 10.3 Å². The molecule has 2 rings (SSSR count). The highest BCUT2D eigenvalue weighted by Gasteiger charge is 2.14. The van der Waals surface area contributed by atoms with Crippen LogP contribution >= 0.6 is 11.3 Å². The molecule has 1 aromatic rings. The number of rotatable bonds is 1. The van der Waals surface area contributed by atoms with E-state index in [4.69, 9.17) is 0 Å². The second-order valence-corrected chi connectivity index (χ2v) is 3.77. The van der Waals surface area contributed by atoms with E-state index in [0.29, 0.717) is 6.42 Å². The molecular formula is C8H11N3OS. The van der Waals surface area contributed by atoms with Crippen molar-refractivity contribution < 1.29 is 4.79 Å². The molecule has 2 heterocycles. The van der Waals surface area contributed by atoms with Gasteiger partial charge in [0.1, 0.15) is 0 Å². The second-order valence-electron chi connectivity index (χ2n) is 2.90. The van der Waals surface area contributed by atoms with E-state index in [1.165, 1.54) is 0 Å². The SMILES string of the molecule is O=C1CCN(c2nccs2)CCN1. The predicted octanol–water partition coefficient (Wildman–Crippen LogP) is 0.469. The molecule has 1 saturated heterocycles. The zero-order valence-corrected chi connectivity index (χ0v) is 8.01. The normalized spacial score (nSPS) is 18.2. The summed E-state index contributed by atoms with van der Waals surface area (Å²) in [6.07, 6.45) is 2.36. The Morgan fingerprint density at radius 1 is 1.54 bits per heavy atom. The van der Waals surface area contributed by atoms with E-state index >= 15 is 0 Å². The number of anilines is 1. The van der Waals surface area contributed by atoms with Gasteiger partial charge < -0.3 is 10.2 Å². The number of hydrogen-bond donors (Lipinski definition) is 1. The number of aromatic nitrogens is 1. The fourth-order valence-corrected chi connectivity index (χ4v) is 2.03. The van der Waals surface area contributed by atoms with Gasteiger partial charge in [0.25, 0.3) is 0 Å². The molecule has 0 aromatic carbocycles. The van der Waals surface area contributed by atoms with Gasteiger partial charge in [-0.15, -0.1) is 11.3 Å². The summed E-state index contributed by atoms with van der Waals surface area (Å²) < 4.78 is 0. The Hall–Kier alpha value is -1.10. The van der Waals surface area contributed by atoms with Crippen molar-refractivity contribution >= 4 is 22.4 Å². The third-order valence-corrected chi connectivity index (χ3v) is 2.83. The summed E-state index contributed by atoms with van der Waals surface area (Å²) >= 11 is 1.62. The fraction of sp³-hybridized carbons (Fsp3) is 0.500. The van der Waals surface area contributed by atoms with Crippen molar-refractivity contribution in [2.45, 2.75) is 6.42 Å². The zero-order chi connectivity index (χ0) is 9.10. The summed E-state index contributed by atoms with van der Waals surface area (Å²) in [5, 5.41) is 5.80. The molecular weight excluding hydrogens is 186 g/mol. The van der Waals surface area contributed by atoms with Crippen LogP contribution < -0.4 is 10.2 Å². The van der Waals surface area contributed by atoms with Crippen molar-refractivity contribution in [3.8, 4) is 0 Å². The highest BCUT2D eigenvalue weighted by Crippen LogP contribution is 2.17. The topological polar surface area (TPSA) is 45.2 Å². The average Bonchev–Trinajstić information content (AvgIpc) is 2.56. The van der Waals surface area contributed by atoms with Gasteiger partial charge in [-0.05, 0) is 0 Å². The van der Waals surface area contributed by atoms with Crippen LogP contribution in [-0.2, 0) is 4.79 Å². The van der Waals surface area contributed by atoms with Gasteiger partial charge in [-0.2, -0.15) is 0 Å². The standard InChI is InChI=1S/C8H11N3OS/c12-7-1-4-11(5-2-9-7)8-10-3-6-13-8/h3,6H,1-2,4-5H2,(H,9,12). The Morgan fingerprint density at radius 2 is 2.46 bits per heavy atom. The van der Waals surface area contributed by atoms with Gasteiger partial charge in [-0.25, -0.2) is 4.98 Å². The minimum absolute atomic E-state index is 0.138. The van der Waals surface area contributed by atoms with E-state index in [0.717, 1.165) is 24.8 Å². The summed E-state index contributed by atoms with van der Waals surface area (Å²) in [4.78, 5) is 17.4. The van der Waals surface area contributed by atoms with Crippen LogP contribution in [0.5, 0.6) is 0 Å². The van der Waals surface area contributed by atoms with Crippen molar-refractivity contribution in [1.29, 1.82) is 0 Å². The molecule has 1 aromatic heterocycles. The minimum Gasteiger partial charge on any atom is -0.354 e. The van der Waals surface area contributed by atoms with Crippen LogP contribution in [0.3, 0.4) is 0 Å². The molecule has 0 spiro atoms. The molecule has 1 fully saturated rings. The predicted molar refractivity (Wildman–Crippen MR) is 52.0 cm³/mol. The molecule has 0 saturated carbocycles. The Kier molecular flexibility index (Phi) is 2.44. The van der Waals surface area contributed by atoms with E-state index in [1.807, 2.05) is 5.38 Å². The van der Waals surface area contributed by atoms with Crippen LogP contribution in [-0.4, -0.2) is 30.5 Å². The molecule has 0 atom stereocenters. The average molecular weight is 197 g/mol. The molecule has 1 aliphatic heterocycles. The first kappa shape index (κ1) is 8.50. The van der Waals surface area contributed by atoms with Gasteiger partial charge >= 0.3 is 0 Å². The summed E-state index contributed by atoms with van der Waals surface area (Å²) in [6.45, 7) is 2.36. The van der Waals surface area contributed by atoms with Crippen molar-refractivity contribution in [2.75, 3.05) is 24.5 Å². The number of carbonyl (C=O) groups is 1. The van der Waals surface area contributed by atoms with Crippen LogP contribution in [0, 0.1) is 0 Å². The zero-order valence-electron chi connectivity index (χ0n) is 7.19. The van der Waals surface area contributed by atoms with Crippen molar-refractivity contribution in [3.05, 3.63) is 11.6 Å². The van der Waals surface area contributed by atoms with Crippen LogP contribution in [0.1, 0.15) is 6.42 Å². The molecule has 0 radical (unpaired) electrons. The summed E-state index contributed by atoms with van der Waals surface area (Å²) in [6, 6.07) is 0. The van der Waals surface area contributed by atoms with Crippen LogP contribution in [0.2, 0.25) is 0 Å². The summed E-state index contributed by atoms with van der Waals surface area (Å²) in [7, 11) is 0. The van der Waals surface area contributed by atoms with E-state index in [-0.39, 0.29) is 5.91 Å². The van der Waals surface area contributed by atoms with Gasteiger partial charge in [0.05, 0.1) is 0 Å². The van der Waals surface area contributed by atoms with E-state index in [1.54, 1.807) is 17.5 Å². The van der Waals surface area contributed by atoms with Gasteiger partial charge in [-0.1, -0.05) is 0 Å². The molecule has 70 valence electrons. The molecule has 4 nitrogen and oxygen atoms in total. The molecule has 13 heavy (non-hydrogen) atoms. The Balaban J connectivity index is 2.04. The molecule has 0 bridgehead atoms. The number of amides is 1. The maximum Gasteiger partial charge on any atom is 0.221 e. The maximum absolute atomic E-state index is 11.0. The lowest BCUT2D eigenvalue weighted by molar-refractivity contribution is -0.120. The molecule has 0 unspecified atom stereocenters. The van der Waals surface area contributed by atoms with Gasteiger partial charge in [-0.3, -0.25) is 4.79 Å². The number of thiazole rings is 1. The molecule has 1 amide bonds. The van der Waals surface area contributed by atoms with Crippen molar-refractivity contribution in [3.63, 3.8) is 0 Å². The van der Waals surface area contributed by atoms with Gasteiger partial charge in [0.2, 0.25) is 5.91 Å². The fourth-order valence-electron chi connectivity index (χ4n) is 1.33. The molecule has 1 aliphatic rings. The first-order valence-corrected chi connectivity index (χ1v) is 5.15. The van der Waals surface area contributed by atoms with E-state index < -0.39 is 0 Å². The first-order chi connectivity index (χ1) is 6.36.